The van der Waals surface area contributed by atoms with Gasteiger partial charge in [-0.3, -0.25) is 0 Å². The molecule has 2 heteroatoms. The second-order valence-corrected chi connectivity index (χ2v) is 9.02. The summed E-state index contributed by atoms with van der Waals surface area (Å²) in [6, 6.07) is 10.7. The number of rotatable bonds is 2. The van der Waals surface area contributed by atoms with E-state index < -0.39 is 8.07 Å². The third-order valence-corrected chi connectivity index (χ3v) is 7.01. The van der Waals surface area contributed by atoms with Crippen LogP contribution in [0, 0.1) is 0 Å². The van der Waals surface area contributed by atoms with Crippen LogP contribution < -0.4 is 5.19 Å². The van der Waals surface area contributed by atoms with Crippen LogP contribution in [0.4, 0.5) is 0 Å². The molecule has 0 unspecified atom stereocenters. The van der Waals surface area contributed by atoms with Gasteiger partial charge in [0, 0.05) is 0 Å². The Balaban J connectivity index is 2.93. The molecule has 0 aliphatic heterocycles. The molecule has 60 valence electrons. The van der Waals surface area contributed by atoms with Gasteiger partial charge >= 0.3 is 0 Å². The lowest BCUT2D eigenvalue weighted by Gasteiger charge is -2.19. The fourth-order valence-electron chi connectivity index (χ4n) is 0.981. The van der Waals surface area contributed by atoms with Gasteiger partial charge in [0.25, 0.3) is 0 Å². The highest BCUT2D eigenvalue weighted by molar-refractivity contribution is 7.82. The maximum atomic E-state index is 4.37. The Morgan fingerprint density at radius 1 is 1.18 bits per heavy atom. The van der Waals surface area contributed by atoms with Crippen molar-refractivity contribution in [1.29, 1.82) is 0 Å². The fraction of sp³-hybridized carbons (Fsp3) is 0.333. The van der Waals surface area contributed by atoms with E-state index in [1.165, 1.54) is 5.19 Å². The van der Waals surface area contributed by atoms with Gasteiger partial charge in [0.2, 0.25) is 0 Å². The predicted octanol–water partition coefficient (Wildman–Crippen LogP) is 2.07. The Kier molecular flexibility index (Phi) is 2.79. The van der Waals surface area contributed by atoms with Gasteiger partial charge in [-0.2, -0.15) is 12.6 Å². The van der Waals surface area contributed by atoms with Crippen LogP contribution in [0.5, 0.6) is 0 Å². The number of thiol groups is 1. The van der Waals surface area contributed by atoms with Crippen molar-refractivity contribution in [2.75, 3.05) is 5.38 Å². The lowest BCUT2D eigenvalue weighted by atomic mass is 10.4. The van der Waals surface area contributed by atoms with Crippen molar-refractivity contribution in [2.45, 2.75) is 13.1 Å². The van der Waals surface area contributed by atoms with Crippen molar-refractivity contribution in [3.05, 3.63) is 30.3 Å². The summed E-state index contributed by atoms with van der Waals surface area (Å²) < 4.78 is 0. The molecule has 0 saturated carbocycles. The quantitative estimate of drug-likeness (QED) is 0.525. The van der Waals surface area contributed by atoms with Crippen LogP contribution in [-0.4, -0.2) is 13.5 Å². The third-order valence-electron chi connectivity index (χ3n) is 1.95. The van der Waals surface area contributed by atoms with Crippen molar-refractivity contribution in [3.63, 3.8) is 0 Å². The molecule has 0 atom stereocenters. The molecule has 1 rings (SSSR count). The minimum absolute atomic E-state index is 1.02. The first-order valence-electron chi connectivity index (χ1n) is 3.83. The minimum Gasteiger partial charge on any atom is -0.182 e. The second-order valence-electron chi connectivity index (χ2n) is 3.41. The van der Waals surface area contributed by atoms with Crippen LogP contribution in [0.15, 0.2) is 30.3 Å². The minimum atomic E-state index is -1.19. The standard InChI is InChI=1S/C9H14SSi/c1-11(2,8-10)9-6-4-3-5-7-9/h3-7,10H,8H2,1-2H3. The average molecular weight is 182 g/mol. The number of benzene rings is 1. The van der Waals surface area contributed by atoms with E-state index >= 15 is 0 Å². The van der Waals surface area contributed by atoms with Crippen LogP contribution in [0.3, 0.4) is 0 Å². The van der Waals surface area contributed by atoms with Gasteiger partial charge in [-0.05, 0) is 5.38 Å². The Morgan fingerprint density at radius 3 is 2.18 bits per heavy atom. The van der Waals surface area contributed by atoms with Gasteiger partial charge in [-0.25, -0.2) is 0 Å². The molecule has 0 saturated heterocycles. The smallest absolute Gasteiger partial charge is 0.0900 e. The summed E-state index contributed by atoms with van der Waals surface area (Å²) in [5, 5.41) is 2.52. The predicted molar refractivity (Wildman–Crippen MR) is 57.4 cm³/mol. The van der Waals surface area contributed by atoms with Crippen LogP contribution in [0.25, 0.3) is 0 Å². The molecule has 0 fully saturated rings. The lowest BCUT2D eigenvalue weighted by molar-refractivity contribution is 1.67. The molecule has 0 heterocycles. The van der Waals surface area contributed by atoms with Crippen molar-refractivity contribution in [3.8, 4) is 0 Å². The molecule has 1 aromatic carbocycles. The van der Waals surface area contributed by atoms with E-state index in [-0.39, 0.29) is 0 Å². The summed E-state index contributed by atoms with van der Waals surface area (Å²) >= 11 is 4.37. The normalized spacial score (nSPS) is 11.5. The first-order chi connectivity index (χ1) is 5.17. The molecule has 0 aliphatic carbocycles. The van der Waals surface area contributed by atoms with Crippen molar-refractivity contribution in [1.82, 2.24) is 0 Å². The second kappa shape index (κ2) is 3.46. The highest BCUT2D eigenvalue weighted by Crippen LogP contribution is 2.04. The van der Waals surface area contributed by atoms with E-state index in [1.807, 2.05) is 0 Å². The van der Waals surface area contributed by atoms with Crippen molar-refractivity contribution >= 4 is 25.9 Å². The van der Waals surface area contributed by atoms with Crippen LogP contribution >= 0.6 is 12.6 Å². The van der Waals surface area contributed by atoms with Gasteiger partial charge < -0.3 is 0 Å². The molecular formula is C9H14SSi. The topological polar surface area (TPSA) is 0 Å². The van der Waals surface area contributed by atoms with Gasteiger partial charge in [0.1, 0.15) is 0 Å². The molecule has 0 N–H and O–H groups in total. The van der Waals surface area contributed by atoms with E-state index in [2.05, 4.69) is 56.1 Å². The zero-order valence-corrected chi connectivity index (χ0v) is 8.94. The molecule has 0 spiro atoms. The molecule has 0 nitrogen and oxygen atoms in total. The summed E-state index contributed by atoms with van der Waals surface area (Å²) in [7, 11) is -1.19. The fourth-order valence-corrected chi connectivity index (χ4v) is 2.81. The largest absolute Gasteiger partial charge is 0.182 e. The zero-order valence-electron chi connectivity index (χ0n) is 7.04. The molecule has 11 heavy (non-hydrogen) atoms. The summed E-state index contributed by atoms with van der Waals surface area (Å²) in [4.78, 5) is 0. The Labute approximate surface area is 75.1 Å². The van der Waals surface area contributed by atoms with Crippen LogP contribution in [-0.2, 0) is 0 Å². The maximum Gasteiger partial charge on any atom is 0.0900 e. The molecule has 0 amide bonds. The van der Waals surface area contributed by atoms with Gasteiger partial charge in [0.05, 0.1) is 8.07 Å². The summed E-state index contributed by atoms with van der Waals surface area (Å²) in [6.07, 6.45) is 0. The van der Waals surface area contributed by atoms with E-state index in [0.29, 0.717) is 0 Å². The van der Waals surface area contributed by atoms with Crippen LogP contribution in [0.1, 0.15) is 0 Å². The van der Waals surface area contributed by atoms with Gasteiger partial charge in [-0.15, -0.1) is 0 Å². The molecule has 0 aromatic heterocycles. The van der Waals surface area contributed by atoms with E-state index in [1.54, 1.807) is 0 Å². The molecule has 0 bridgehead atoms. The third kappa shape index (κ3) is 2.11. The van der Waals surface area contributed by atoms with Crippen LogP contribution in [0.2, 0.25) is 13.1 Å². The molecule has 0 aliphatic rings. The highest BCUT2D eigenvalue weighted by atomic mass is 32.1. The highest BCUT2D eigenvalue weighted by Gasteiger charge is 2.20. The lowest BCUT2D eigenvalue weighted by Crippen LogP contribution is -2.43. The summed E-state index contributed by atoms with van der Waals surface area (Å²) in [5.74, 6) is 0. The first-order valence-corrected chi connectivity index (χ1v) is 7.67. The SMILES string of the molecule is C[Si](C)(CS)c1ccccc1. The summed E-state index contributed by atoms with van der Waals surface area (Å²) in [5.41, 5.74) is 0. The Hall–Kier alpha value is -0.213. The van der Waals surface area contributed by atoms with Gasteiger partial charge in [-0.1, -0.05) is 48.6 Å². The van der Waals surface area contributed by atoms with Crippen molar-refractivity contribution in [2.24, 2.45) is 0 Å². The number of hydrogen-bond donors (Lipinski definition) is 1. The van der Waals surface area contributed by atoms with E-state index in [0.717, 1.165) is 5.38 Å². The monoisotopic (exact) mass is 182 g/mol. The van der Waals surface area contributed by atoms with E-state index in [4.69, 9.17) is 0 Å². The average Bonchev–Trinajstić information content (AvgIpc) is 2.06. The first kappa shape index (κ1) is 8.88. The Morgan fingerprint density at radius 2 is 1.73 bits per heavy atom. The van der Waals surface area contributed by atoms with Crippen molar-refractivity contribution < 1.29 is 0 Å². The van der Waals surface area contributed by atoms with Gasteiger partial charge in [0.15, 0.2) is 0 Å². The maximum absolute atomic E-state index is 4.37. The zero-order chi connectivity index (χ0) is 8.32. The molecule has 0 radical (unpaired) electrons. The molecule has 1 aromatic rings. The molecular weight excluding hydrogens is 168 g/mol. The number of hydrogen-bond acceptors (Lipinski definition) is 1. The summed E-state index contributed by atoms with van der Waals surface area (Å²) in [6.45, 7) is 4.69. The van der Waals surface area contributed by atoms with E-state index in [9.17, 15) is 0 Å². The Bertz CT molecular complexity index is 218.